The lowest BCUT2D eigenvalue weighted by Crippen LogP contribution is -2.35. The van der Waals surface area contributed by atoms with Crippen LogP contribution in [0, 0.1) is 13.8 Å². The van der Waals surface area contributed by atoms with E-state index < -0.39 is 10.0 Å². The van der Waals surface area contributed by atoms with Crippen molar-refractivity contribution >= 4 is 10.0 Å². The van der Waals surface area contributed by atoms with E-state index in [4.69, 9.17) is 10.2 Å². The number of furan rings is 1. The van der Waals surface area contributed by atoms with Gasteiger partial charge in [0.05, 0.1) is 0 Å². The first-order chi connectivity index (χ1) is 8.87. The minimum Gasteiger partial charge on any atom is -0.465 e. The highest BCUT2D eigenvalue weighted by Crippen LogP contribution is 2.26. The third-order valence-electron chi connectivity index (χ3n) is 3.25. The molecule has 0 spiro atoms. The fourth-order valence-corrected chi connectivity index (χ4v) is 4.08. The standard InChI is InChI=1S/C13H24N2O3S/c1-5-7-11(6-2)15-19(16,17)13-10(4)18-9(3)12(13)8-14/h11,15H,5-8,14H2,1-4H3. The van der Waals surface area contributed by atoms with Crippen molar-refractivity contribution in [3.8, 4) is 0 Å². The summed E-state index contributed by atoms with van der Waals surface area (Å²) in [7, 11) is -3.57. The summed E-state index contributed by atoms with van der Waals surface area (Å²) in [5.41, 5.74) is 6.20. The molecule has 1 unspecified atom stereocenters. The lowest BCUT2D eigenvalue weighted by atomic mass is 10.1. The molecular formula is C13H24N2O3S. The Morgan fingerprint density at radius 2 is 1.89 bits per heavy atom. The molecule has 1 aromatic heterocycles. The van der Waals surface area contributed by atoms with Crippen LogP contribution in [0.2, 0.25) is 0 Å². The fourth-order valence-electron chi connectivity index (χ4n) is 2.27. The number of rotatable bonds is 7. The molecule has 0 aliphatic heterocycles. The summed E-state index contributed by atoms with van der Waals surface area (Å²) < 4.78 is 33.1. The van der Waals surface area contributed by atoms with E-state index in [1.54, 1.807) is 13.8 Å². The number of sulfonamides is 1. The van der Waals surface area contributed by atoms with E-state index >= 15 is 0 Å². The van der Waals surface area contributed by atoms with Crippen LogP contribution in [-0.4, -0.2) is 14.5 Å². The summed E-state index contributed by atoms with van der Waals surface area (Å²) in [6.07, 6.45) is 2.53. The van der Waals surface area contributed by atoms with E-state index in [9.17, 15) is 8.42 Å². The molecule has 0 bridgehead atoms. The summed E-state index contributed by atoms with van der Waals surface area (Å²) in [5, 5.41) is 0. The maximum absolute atomic E-state index is 12.5. The molecule has 0 saturated heterocycles. The normalized spacial score (nSPS) is 13.7. The molecule has 5 nitrogen and oxygen atoms in total. The first-order valence-corrected chi connectivity index (χ1v) is 8.16. The Labute approximate surface area is 115 Å². The molecule has 1 heterocycles. The molecule has 1 rings (SSSR count). The summed E-state index contributed by atoms with van der Waals surface area (Å²) >= 11 is 0. The smallest absolute Gasteiger partial charge is 0.244 e. The molecule has 19 heavy (non-hydrogen) atoms. The number of nitrogens with two attached hydrogens (primary N) is 1. The van der Waals surface area contributed by atoms with Crippen molar-refractivity contribution in [2.24, 2.45) is 5.73 Å². The minimum atomic E-state index is -3.57. The van der Waals surface area contributed by atoms with Crippen LogP contribution in [0.3, 0.4) is 0 Å². The second-order valence-electron chi connectivity index (χ2n) is 4.74. The van der Waals surface area contributed by atoms with Gasteiger partial charge in [0.1, 0.15) is 16.4 Å². The van der Waals surface area contributed by atoms with Gasteiger partial charge in [-0.2, -0.15) is 0 Å². The van der Waals surface area contributed by atoms with Crippen LogP contribution in [0.4, 0.5) is 0 Å². The van der Waals surface area contributed by atoms with Gasteiger partial charge in [0, 0.05) is 18.2 Å². The number of aryl methyl sites for hydroxylation is 2. The highest BCUT2D eigenvalue weighted by Gasteiger charge is 2.27. The lowest BCUT2D eigenvalue weighted by Gasteiger charge is -2.16. The molecule has 3 N–H and O–H groups in total. The molecule has 1 aromatic rings. The fraction of sp³-hybridized carbons (Fsp3) is 0.692. The zero-order chi connectivity index (χ0) is 14.6. The number of hydrogen-bond acceptors (Lipinski definition) is 4. The zero-order valence-electron chi connectivity index (χ0n) is 12.1. The topological polar surface area (TPSA) is 85.3 Å². The first kappa shape index (κ1) is 16.2. The molecule has 110 valence electrons. The predicted molar refractivity (Wildman–Crippen MR) is 75.4 cm³/mol. The van der Waals surface area contributed by atoms with Gasteiger partial charge in [0.25, 0.3) is 0 Å². The van der Waals surface area contributed by atoms with Crippen LogP contribution in [0.25, 0.3) is 0 Å². The average molecular weight is 288 g/mol. The highest BCUT2D eigenvalue weighted by atomic mass is 32.2. The van der Waals surface area contributed by atoms with E-state index in [0.29, 0.717) is 17.1 Å². The number of hydrogen-bond donors (Lipinski definition) is 2. The van der Waals surface area contributed by atoms with E-state index in [1.165, 1.54) is 0 Å². The van der Waals surface area contributed by atoms with Crippen molar-refractivity contribution in [2.75, 3.05) is 0 Å². The minimum absolute atomic E-state index is 0.0461. The van der Waals surface area contributed by atoms with Gasteiger partial charge < -0.3 is 10.2 Å². The van der Waals surface area contributed by atoms with Gasteiger partial charge in [-0.05, 0) is 26.7 Å². The monoisotopic (exact) mass is 288 g/mol. The SMILES string of the molecule is CCCC(CC)NS(=O)(=O)c1c(C)oc(C)c1CN. The van der Waals surface area contributed by atoms with Gasteiger partial charge in [-0.25, -0.2) is 13.1 Å². The van der Waals surface area contributed by atoms with Gasteiger partial charge >= 0.3 is 0 Å². The van der Waals surface area contributed by atoms with Gasteiger partial charge in [-0.3, -0.25) is 0 Å². The van der Waals surface area contributed by atoms with Crippen molar-refractivity contribution in [1.29, 1.82) is 0 Å². The summed E-state index contributed by atoms with van der Waals surface area (Å²) in [5.74, 6) is 0.973. The van der Waals surface area contributed by atoms with E-state index in [0.717, 1.165) is 19.3 Å². The van der Waals surface area contributed by atoms with Gasteiger partial charge in [-0.15, -0.1) is 0 Å². The molecule has 0 radical (unpaired) electrons. The van der Waals surface area contributed by atoms with Crippen LogP contribution in [0.15, 0.2) is 9.31 Å². The van der Waals surface area contributed by atoms with Gasteiger partial charge in [-0.1, -0.05) is 20.3 Å². The van der Waals surface area contributed by atoms with Crippen LogP contribution >= 0.6 is 0 Å². The summed E-state index contributed by atoms with van der Waals surface area (Å²) in [6.45, 7) is 7.55. The van der Waals surface area contributed by atoms with Crippen LogP contribution in [0.1, 0.15) is 50.2 Å². The average Bonchev–Trinajstić information content (AvgIpc) is 2.63. The Balaban J connectivity index is 3.13. The van der Waals surface area contributed by atoms with Crippen LogP contribution in [0.5, 0.6) is 0 Å². The van der Waals surface area contributed by atoms with Crippen molar-refractivity contribution in [1.82, 2.24) is 4.72 Å². The largest absolute Gasteiger partial charge is 0.465 e. The second-order valence-corrected chi connectivity index (χ2v) is 6.39. The van der Waals surface area contributed by atoms with Crippen molar-refractivity contribution in [2.45, 2.75) is 64.4 Å². The molecule has 0 aliphatic carbocycles. The molecule has 0 aliphatic rings. The Hall–Kier alpha value is -0.850. The third kappa shape index (κ3) is 3.58. The predicted octanol–water partition coefficient (Wildman–Crippen LogP) is 2.21. The molecule has 0 fully saturated rings. The molecule has 0 aromatic carbocycles. The maximum atomic E-state index is 12.5. The second kappa shape index (κ2) is 6.54. The number of nitrogens with one attached hydrogen (secondary N) is 1. The third-order valence-corrected chi connectivity index (χ3v) is 4.96. The molecule has 1 atom stereocenters. The Kier molecular flexibility index (Phi) is 5.58. The van der Waals surface area contributed by atoms with Crippen molar-refractivity contribution < 1.29 is 12.8 Å². The van der Waals surface area contributed by atoms with E-state index in [2.05, 4.69) is 4.72 Å². The highest BCUT2D eigenvalue weighted by molar-refractivity contribution is 7.89. The van der Waals surface area contributed by atoms with E-state index in [1.807, 2.05) is 13.8 Å². The zero-order valence-corrected chi connectivity index (χ0v) is 12.9. The molecule has 6 heteroatoms. The van der Waals surface area contributed by atoms with Crippen LogP contribution in [-0.2, 0) is 16.6 Å². The van der Waals surface area contributed by atoms with Gasteiger partial charge in [0.15, 0.2) is 0 Å². The quantitative estimate of drug-likeness (QED) is 0.805. The first-order valence-electron chi connectivity index (χ1n) is 6.68. The maximum Gasteiger partial charge on any atom is 0.244 e. The Bertz CT molecular complexity index is 520. The van der Waals surface area contributed by atoms with Crippen molar-refractivity contribution in [3.05, 3.63) is 17.1 Å². The molecular weight excluding hydrogens is 264 g/mol. The van der Waals surface area contributed by atoms with Crippen molar-refractivity contribution in [3.63, 3.8) is 0 Å². The molecule has 0 amide bonds. The lowest BCUT2D eigenvalue weighted by molar-refractivity contribution is 0.489. The Morgan fingerprint density at radius 3 is 2.37 bits per heavy atom. The van der Waals surface area contributed by atoms with E-state index in [-0.39, 0.29) is 17.5 Å². The van der Waals surface area contributed by atoms with Crippen LogP contribution < -0.4 is 10.5 Å². The Morgan fingerprint density at radius 1 is 1.26 bits per heavy atom. The summed E-state index contributed by atoms with van der Waals surface area (Å²) in [4.78, 5) is 0.210. The van der Waals surface area contributed by atoms with Gasteiger partial charge in [0.2, 0.25) is 10.0 Å². The summed E-state index contributed by atoms with van der Waals surface area (Å²) in [6, 6.07) is -0.0461. The molecule has 0 saturated carbocycles.